The van der Waals surface area contributed by atoms with Gasteiger partial charge >= 0.3 is 5.97 Å². The maximum Gasteiger partial charge on any atom is 0.330 e. The second-order valence-corrected chi connectivity index (χ2v) is 4.12. The number of esters is 1. The first-order chi connectivity index (χ1) is 8.74. The third-order valence-electron chi connectivity index (χ3n) is 2.91. The van der Waals surface area contributed by atoms with Crippen LogP contribution in [0.1, 0.15) is 23.2 Å². The summed E-state index contributed by atoms with van der Waals surface area (Å²) in [7, 11) is 0. The van der Waals surface area contributed by atoms with Gasteiger partial charge in [0.15, 0.2) is 6.73 Å². The minimum atomic E-state index is -0.579. The molecular weight excluding hydrogens is 234 g/mol. The van der Waals surface area contributed by atoms with Crippen LogP contribution in [-0.4, -0.2) is 41.3 Å². The molecule has 18 heavy (non-hydrogen) atoms. The minimum absolute atomic E-state index is 0.00283. The van der Waals surface area contributed by atoms with Crippen LogP contribution in [0.5, 0.6) is 0 Å². The number of cyclic esters (lactones) is 1. The second-order valence-electron chi connectivity index (χ2n) is 4.12. The van der Waals surface area contributed by atoms with Gasteiger partial charge in [0.2, 0.25) is 0 Å². The lowest BCUT2D eigenvalue weighted by Crippen LogP contribution is -2.38. The smallest absolute Gasteiger partial charge is 0.330 e. The number of nitrogens with zero attached hydrogens (tertiary/aromatic N) is 1. The highest BCUT2D eigenvalue weighted by Gasteiger charge is 2.37. The van der Waals surface area contributed by atoms with Crippen LogP contribution in [0.15, 0.2) is 30.3 Å². The van der Waals surface area contributed by atoms with Crippen LogP contribution in [-0.2, 0) is 9.53 Å². The van der Waals surface area contributed by atoms with Crippen molar-refractivity contribution in [3.05, 3.63) is 35.9 Å². The van der Waals surface area contributed by atoms with Crippen LogP contribution < -0.4 is 0 Å². The number of aliphatic hydroxyl groups is 1. The Bertz CT molecular complexity index is 432. The van der Waals surface area contributed by atoms with E-state index in [0.717, 1.165) is 0 Å². The van der Waals surface area contributed by atoms with Crippen molar-refractivity contribution in [1.82, 2.24) is 4.90 Å². The molecule has 1 saturated heterocycles. The van der Waals surface area contributed by atoms with Crippen LogP contribution in [0.4, 0.5) is 0 Å². The van der Waals surface area contributed by atoms with E-state index in [1.54, 1.807) is 24.3 Å². The Balaban J connectivity index is 2.12. The predicted molar refractivity (Wildman–Crippen MR) is 63.7 cm³/mol. The van der Waals surface area contributed by atoms with Gasteiger partial charge < -0.3 is 9.84 Å². The molecule has 0 radical (unpaired) electrons. The fourth-order valence-electron chi connectivity index (χ4n) is 1.95. The number of aliphatic hydroxyl groups excluding tert-OH is 1. The topological polar surface area (TPSA) is 66.8 Å². The molecule has 0 aromatic heterocycles. The molecule has 1 aliphatic rings. The van der Waals surface area contributed by atoms with Crippen LogP contribution >= 0.6 is 0 Å². The Kier molecular flexibility index (Phi) is 3.94. The van der Waals surface area contributed by atoms with Crippen molar-refractivity contribution in [2.45, 2.75) is 18.9 Å². The Morgan fingerprint density at radius 3 is 2.78 bits per heavy atom. The molecule has 0 bridgehead atoms. The number of carbonyl (C=O) groups is 2. The average Bonchev–Trinajstić information content (AvgIpc) is 2.78. The van der Waals surface area contributed by atoms with E-state index in [-0.39, 0.29) is 19.2 Å². The average molecular weight is 249 g/mol. The number of hydrogen-bond donors (Lipinski definition) is 1. The van der Waals surface area contributed by atoms with Gasteiger partial charge in [-0.25, -0.2) is 4.79 Å². The maximum atomic E-state index is 12.2. The standard InChI is InChI=1S/C13H15NO4/c15-8-4-7-11-13(17)18-9-14(11)12(16)10-5-2-1-3-6-10/h1-3,5-6,11,15H,4,7-9H2/t11-/m0/s1. The zero-order valence-corrected chi connectivity index (χ0v) is 9.91. The zero-order chi connectivity index (χ0) is 13.0. The van der Waals surface area contributed by atoms with E-state index in [9.17, 15) is 9.59 Å². The van der Waals surface area contributed by atoms with E-state index < -0.39 is 12.0 Å². The molecule has 1 aliphatic heterocycles. The molecule has 1 amide bonds. The predicted octanol–water partition coefficient (Wildman–Crippen LogP) is 0.784. The first-order valence-electron chi connectivity index (χ1n) is 5.87. The monoisotopic (exact) mass is 249 g/mol. The Hall–Kier alpha value is -1.88. The fourth-order valence-corrected chi connectivity index (χ4v) is 1.95. The molecule has 0 unspecified atom stereocenters. The summed E-state index contributed by atoms with van der Waals surface area (Å²) in [5.74, 6) is -0.614. The van der Waals surface area contributed by atoms with Gasteiger partial charge in [-0.1, -0.05) is 18.2 Å². The number of benzene rings is 1. The van der Waals surface area contributed by atoms with Gasteiger partial charge in [-0.05, 0) is 25.0 Å². The van der Waals surface area contributed by atoms with Crippen molar-refractivity contribution < 1.29 is 19.4 Å². The lowest BCUT2D eigenvalue weighted by molar-refractivity contribution is -0.139. The Morgan fingerprint density at radius 2 is 2.11 bits per heavy atom. The second kappa shape index (κ2) is 5.64. The van der Waals surface area contributed by atoms with Crippen molar-refractivity contribution >= 4 is 11.9 Å². The lowest BCUT2D eigenvalue weighted by atomic mass is 10.1. The van der Waals surface area contributed by atoms with Crippen molar-refractivity contribution in [3.63, 3.8) is 0 Å². The van der Waals surface area contributed by atoms with Crippen molar-refractivity contribution in [3.8, 4) is 0 Å². The van der Waals surface area contributed by atoms with Gasteiger partial charge in [0.05, 0.1) is 0 Å². The number of amides is 1. The fraction of sp³-hybridized carbons (Fsp3) is 0.385. The number of carbonyl (C=O) groups excluding carboxylic acids is 2. The molecule has 0 aliphatic carbocycles. The summed E-state index contributed by atoms with van der Waals surface area (Å²) in [6.07, 6.45) is 0.895. The SMILES string of the molecule is O=C1OCN(C(=O)c2ccccc2)[C@H]1CCCO. The minimum Gasteiger partial charge on any atom is -0.443 e. The first kappa shape index (κ1) is 12.6. The highest BCUT2D eigenvalue weighted by Crippen LogP contribution is 2.19. The summed E-state index contributed by atoms with van der Waals surface area (Å²) in [4.78, 5) is 25.1. The molecular formula is C13H15NO4. The van der Waals surface area contributed by atoms with E-state index >= 15 is 0 Å². The highest BCUT2D eigenvalue weighted by atomic mass is 16.6. The van der Waals surface area contributed by atoms with E-state index in [4.69, 9.17) is 9.84 Å². The van der Waals surface area contributed by atoms with Gasteiger partial charge in [-0.15, -0.1) is 0 Å². The van der Waals surface area contributed by atoms with Crippen molar-refractivity contribution in [1.29, 1.82) is 0 Å². The summed E-state index contributed by atoms with van der Waals surface area (Å²) in [5, 5.41) is 8.80. The maximum absolute atomic E-state index is 12.2. The molecule has 1 N–H and O–H groups in total. The van der Waals surface area contributed by atoms with Crippen molar-refractivity contribution in [2.24, 2.45) is 0 Å². The van der Waals surface area contributed by atoms with Crippen LogP contribution in [0.25, 0.3) is 0 Å². The molecule has 0 spiro atoms. The number of ether oxygens (including phenoxy) is 1. The molecule has 1 atom stereocenters. The lowest BCUT2D eigenvalue weighted by Gasteiger charge is -2.19. The van der Waals surface area contributed by atoms with Gasteiger partial charge in [-0.3, -0.25) is 9.69 Å². The third-order valence-corrected chi connectivity index (χ3v) is 2.91. The van der Waals surface area contributed by atoms with Gasteiger partial charge in [0, 0.05) is 12.2 Å². The van der Waals surface area contributed by atoms with Gasteiger partial charge in [-0.2, -0.15) is 0 Å². The summed E-state index contributed by atoms with van der Waals surface area (Å²) >= 11 is 0. The van der Waals surface area contributed by atoms with Gasteiger partial charge in [0.1, 0.15) is 6.04 Å². The van der Waals surface area contributed by atoms with Gasteiger partial charge in [0.25, 0.3) is 5.91 Å². The number of hydrogen-bond acceptors (Lipinski definition) is 4. The third kappa shape index (κ3) is 2.51. The highest BCUT2D eigenvalue weighted by molar-refractivity contribution is 5.97. The molecule has 1 heterocycles. The van der Waals surface area contributed by atoms with E-state index in [2.05, 4.69) is 0 Å². The molecule has 5 nitrogen and oxygen atoms in total. The van der Waals surface area contributed by atoms with E-state index in [1.807, 2.05) is 6.07 Å². The molecule has 5 heteroatoms. The molecule has 2 rings (SSSR count). The van der Waals surface area contributed by atoms with E-state index in [1.165, 1.54) is 4.90 Å². The normalized spacial score (nSPS) is 18.8. The first-order valence-corrected chi connectivity index (χ1v) is 5.87. The summed E-state index contributed by atoms with van der Waals surface area (Å²) < 4.78 is 4.90. The quantitative estimate of drug-likeness (QED) is 0.801. The number of rotatable bonds is 4. The molecule has 0 saturated carbocycles. The van der Waals surface area contributed by atoms with E-state index in [0.29, 0.717) is 18.4 Å². The molecule has 1 fully saturated rings. The zero-order valence-electron chi connectivity index (χ0n) is 9.91. The summed E-state index contributed by atoms with van der Waals surface area (Å²) in [6, 6.07) is 8.20. The Labute approximate surface area is 105 Å². The molecule has 1 aromatic rings. The largest absolute Gasteiger partial charge is 0.443 e. The van der Waals surface area contributed by atoms with Crippen LogP contribution in [0, 0.1) is 0 Å². The summed E-state index contributed by atoms with van der Waals surface area (Å²) in [6.45, 7) is -0.0141. The van der Waals surface area contributed by atoms with Crippen molar-refractivity contribution in [2.75, 3.05) is 13.3 Å². The van der Waals surface area contributed by atoms with Crippen LogP contribution in [0.2, 0.25) is 0 Å². The van der Waals surface area contributed by atoms with Crippen LogP contribution in [0.3, 0.4) is 0 Å². The molecule has 1 aromatic carbocycles. The Morgan fingerprint density at radius 1 is 1.39 bits per heavy atom. The summed E-state index contributed by atoms with van der Waals surface area (Å²) in [5.41, 5.74) is 0.532. The molecule has 96 valence electrons.